The molecule has 0 N–H and O–H groups in total. The maximum atomic E-state index is 13.1. The van der Waals surface area contributed by atoms with Crippen molar-refractivity contribution < 1.29 is 13.9 Å². The molecule has 1 aromatic rings. The zero-order valence-corrected chi connectivity index (χ0v) is 7.97. The van der Waals surface area contributed by atoms with Crippen molar-refractivity contribution in [2.45, 2.75) is 19.3 Å². The van der Waals surface area contributed by atoms with Crippen molar-refractivity contribution in [3.05, 3.63) is 29.1 Å². The molecule has 14 heavy (non-hydrogen) atoms. The van der Waals surface area contributed by atoms with E-state index < -0.39 is 0 Å². The normalized spacial score (nSPS) is 15.1. The Morgan fingerprint density at radius 2 is 2.14 bits per heavy atom. The molecule has 0 spiro atoms. The lowest BCUT2D eigenvalue weighted by atomic mass is 9.90. The van der Waals surface area contributed by atoms with E-state index in [-0.39, 0.29) is 11.6 Å². The number of fused-ring (bicyclic) bond motifs is 1. The van der Waals surface area contributed by atoms with Gasteiger partial charge in [-0.15, -0.1) is 0 Å². The Morgan fingerprint density at radius 3 is 2.86 bits per heavy atom. The van der Waals surface area contributed by atoms with E-state index in [1.54, 1.807) is 0 Å². The number of aryl methyl sites for hydroxylation is 1. The molecule has 0 saturated carbocycles. The fourth-order valence-electron chi connectivity index (χ4n) is 1.83. The minimum Gasteiger partial charge on any atom is -0.496 e. The van der Waals surface area contributed by atoms with Crippen molar-refractivity contribution in [2.75, 3.05) is 7.11 Å². The zero-order valence-electron chi connectivity index (χ0n) is 7.97. The molecule has 0 radical (unpaired) electrons. The first-order valence-electron chi connectivity index (χ1n) is 4.57. The average Bonchev–Trinajstić information content (AvgIpc) is 2.17. The highest BCUT2D eigenvalue weighted by molar-refractivity contribution is 5.84. The Hall–Kier alpha value is -1.38. The van der Waals surface area contributed by atoms with E-state index in [2.05, 4.69) is 0 Å². The fourth-order valence-corrected chi connectivity index (χ4v) is 1.83. The van der Waals surface area contributed by atoms with E-state index in [4.69, 9.17) is 4.74 Å². The molecule has 0 heterocycles. The molecule has 1 aromatic carbocycles. The average molecular weight is 194 g/mol. The molecule has 0 saturated heterocycles. The number of ether oxygens (including phenoxy) is 1. The summed E-state index contributed by atoms with van der Waals surface area (Å²) >= 11 is 0. The van der Waals surface area contributed by atoms with Crippen LogP contribution in [0, 0.1) is 5.82 Å². The standard InChI is InChI=1S/C11H11FO2/c1-14-11-5-8(12)4-7-2-3-9(13)6-10(7)11/h4-5H,2-3,6H2,1H3. The Balaban J connectivity index is 2.52. The topological polar surface area (TPSA) is 26.3 Å². The minimum absolute atomic E-state index is 0.197. The maximum absolute atomic E-state index is 13.1. The van der Waals surface area contributed by atoms with Crippen LogP contribution >= 0.6 is 0 Å². The van der Waals surface area contributed by atoms with Crippen LogP contribution in [0.1, 0.15) is 17.5 Å². The highest BCUT2D eigenvalue weighted by Gasteiger charge is 2.20. The SMILES string of the molecule is COc1cc(F)cc2c1CC(=O)CC2. The number of carbonyl (C=O) groups excluding carboxylic acids is 1. The molecule has 0 aromatic heterocycles. The van der Waals surface area contributed by atoms with Crippen LogP contribution in [-0.2, 0) is 17.6 Å². The monoisotopic (exact) mass is 194 g/mol. The molecule has 0 fully saturated rings. The van der Waals surface area contributed by atoms with Crippen LogP contribution in [0.4, 0.5) is 4.39 Å². The van der Waals surface area contributed by atoms with Gasteiger partial charge in [-0.3, -0.25) is 4.79 Å². The molecule has 0 unspecified atom stereocenters. The summed E-state index contributed by atoms with van der Waals surface area (Å²) in [7, 11) is 1.49. The Bertz CT molecular complexity index is 368. The predicted molar refractivity (Wildman–Crippen MR) is 50.0 cm³/mol. The third kappa shape index (κ3) is 1.50. The number of Topliss-reactive ketones (excluding diaryl/α,β-unsaturated/α-hetero) is 1. The van der Waals surface area contributed by atoms with E-state index in [1.165, 1.54) is 19.2 Å². The van der Waals surface area contributed by atoms with Gasteiger partial charge in [-0.05, 0) is 18.1 Å². The lowest BCUT2D eigenvalue weighted by Gasteiger charge is -2.17. The number of ketones is 1. The number of halogens is 1. The van der Waals surface area contributed by atoms with Crippen molar-refractivity contribution in [1.29, 1.82) is 0 Å². The second-order valence-corrected chi connectivity index (χ2v) is 3.46. The molecule has 0 aliphatic heterocycles. The van der Waals surface area contributed by atoms with Crippen LogP contribution in [-0.4, -0.2) is 12.9 Å². The molecule has 0 amide bonds. The van der Waals surface area contributed by atoms with Crippen LogP contribution in [0.2, 0.25) is 0 Å². The van der Waals surface area contributed by atoms with E-state index in [0.29, 0.717) is 25.0 Å². The first-order valence-corrected chi connectivity index (χ1v) is 4.57. The van der Waals surface area contributed by atoms with Gasteiger partial charge in [0.05, 0.1) is 7.11 Å². The lowest BCUT2D eigenvalue weighted by molar-refractivity contribution is -0.118. The van der Waals surface area contributed by atoms with E-state index >= 15 is 0 Å². The number of benzene rings is 1. The Labute approximate surface area is 81.7 Å². The van der Waals surface area contributed by atoms with Crippen molar-refractivity contribution in [1.82, 2.24) is 0 Å². The molecule has 2 nitrogen and oxygen atoms in total. The highest BCUT2D eigenvalue weighted by Crippen LogP contribution is 2.29. The van der Waals surface area contributed by atoms with Crippen LogP contribution in [0.25, 0.3) is 0 Å². The zero-order chi connectivity index (χ0) is 10.1. The van der Waals surface area contributed by atoms with E-state index in [9.17, 15) is 9.18 Å². The smallest absolute Gasteiger partial charge is 0.137 e. The van der Waals surface area contributed by atoms with Gasteiger partial charge < -0.3 is 4.74 Å². The largest absolute Gasteiger partial charge is 0.496 e. The number of methoxy groups -OCH3 is 1. The molecule has 3 heteroatoms. The first kappa shape index (κ1) is 9.19. The molecule has 0 bridgehead atoms. The first-order chi connectivity index (χ1) is 6.70. The summed E-state index contributed by atoms with van der Waals surface area (Å²) in [6, 6.07) is 2.82. The number of rotatable bonds is 1. The predicted octanol–water partition coefficient (Wildman–Crippen LogP) is 1.89. The van der Waals surface area contributed by atoms with Gasteiger partial charge in [-0.25, -0.2) is 4.39 Å². The molecule has 1 aliphatic carbocycles. The van der Waals surface area contributed by atoms with Gasteiger partial charge >= 0.3 is 0 Å². The van der Waals surface area contributed by atoms with Gasteiger partial charge in [0.25, 0.3) is 0 Å². The van der Waals surface area contributed by atoms with Crippen LogP contribution in [0.5, 0.6) is 5.75 Å². The summed E-state index contributed by atoms with van der Waals surface area (Å²) in [4.78, 5) is 11.2. The van der Waals surface area contributed by atoms with Crippen LogP contribution in [0.15, 0.2) is 12.1 Å². The molecule has 74 valence electrons. The van der Waals surface area contributed by atoms with Crippen LogP contribution < -0.4 is 4.74 Å². The molecule has 0 atom stereocenters. The molecule has 2 rings (SSSR count). The second-order valence-electron chi connectivity index (χ2n) is 3.46. The number of carbonyl (C=O) groups is 1. The third-order valence-corrected chi connectivity index (χ3v) is 2.53. The van der Waals surface area contributed by atoms with Gasteiger partial charge in [0.2, 0.25) is 0 Å². The number of hydrogen-bond donors (Lipinski definition) is 0. The van der Waals surface area contributed by atoms with Gasteiger partial charge in [0, 0.05) is 24.5 Å². The molecule has 1 aliphatic rings. The van der Waals surface area contributed by atoms with E-state index in [1.807, 2.05) is 0 Å². The summed E-state index contributed by atoms with van der Waals surface area (Å²) in [6.45, 7) is 0. The summed E-state index contributed by atoms with van der Waals surface area (Å²) in [5.74, 6) is 0.394. The summed E-state index contributed by atoms with van der Waals surface area (Å²) in [6.07, 6.45) is 1.51. The number of hydrogen-bond acceptors (Lipinski definition) is 2. The lowest BCUT2D eigenvalue weighted by Crippen LogP contribution is -2.14. The van der Waals surface area contributed by atoms with Gasteiger partial charge in [0.15, 0.2) is 0 Å². The van der Waals surface area contributed by atoms with E-state index in [0.717, 1.165) is 11.1 Å². The minimum atomic E-state index is -0.296. The highest BCUT2D eigenvalue weighted by atomic mass is 19.1. The third-order valence-electron chi connectivity index (χ3n) is 2.53. The van der Waals surface area contributed by atoms with Gasteiger partial charge in [-0.1, -0.05) is 0 Å². The second kappa shape index (κ2) is 3.40. The summed E-state index contributed by atoms with van der Waals surface area (Å²) in [5.41, 5.74) is 1.76. The van der Waals surface area contributed by atoms with Crippen molar-refractivity contribution in [3.63, 3.8) is 0 Å². The summed E-state index contributed by atoms with van der Waals surface area (Å²) in [5, 5.41) is 0. The summed E-state index contributed by atoms with van der Waals surface area (Å²) < 4.78 is 18.1. The molecular formula is C11H11FO2. The van der Waals surface area contributed by atoms with Crippen LogP contribution in [0.3, 0.4) is 0 Å². The van der Waals surface area contributed by atoms with Crippen molar-refractivity contribution in [2.24, 2.45) is 0 Å². The maximum Gasteiger partial charge on any atom is 0.137 e. The quantitative estimate of drug-likeness (QED) is 0.682. The van der Waals surface area contributed by atoms with Gasteiger partial charge in [0.1, 0.15) is 17.3 Å². The Morgan fingerprint density at radius 1 is 1.36 bits per heavy atom. The van der Waals surface area contributed by atoms with Gasteiger partial charge in [-0.2, -0.15) is 0 Å². The van der Waals surface area contributed by atoms with Crippen molar-refractivity contribution in [3.8, 4) is 5.75 Å². The van der Waals surface area contributed by atoms with Crippen molar-refractivity contribution >= 4 is 5.78 Å². The Kier molecular flexibility index (Phi) is 2.23. The fraction of sp³-hybridized carbons (Fsp3) is 0.364. The molecular weight excluding hydrogens is 183 g/mol.